The third kappa shape index (κ3) is 4.69. The third-order valence-corrected chi connectivity index (χ3v) is 3.00. The highest BCUT2D eigenvalue weighted by molar-refractivity contribution is 5.86. The molecule has 1 atom stereocenters. The van der Waals surface area contributed by atoms with Gasteiger partial charge in [0.05, 0.1) is 0 Å². The lowest BCUT2D eigenvalue weighted by molar-refractivity contribution is -0.147. The minimum Gasteiger partial charge on any atom is -0.480 e. The Labute approximate surface area is 113 Å². The molecule has 2 N–H and O–H groups in total. The number of aryl methyl sites for hydroxylation is 1. The van der Waals surface area contributed by atoms with Crippen molar-refractivity contribution in [3.05, 3.63) is 30.1 Å². The van der Waals surface area contributed by atoms with Gasteiger partial charge in [-0.05, 0) is 31.4 Å². The molecule has 0 radical (unpaired) electrons. The largest absolute Gasteiger partial charge is 0.480 e. The van der Waals surface area contributed by atoms with Crippen molar-refractivity contribution in [1.29, 1.82) is 0 Å². The van der Waals surface area contributed by atoms with Crippen LogP contribution in [-0.4, -0.2) is 27.5 Å². The molecule has 104 valence electrons. The summed E-state index contributed by atoms with van der Waals surface area (Å²) in [5, 5.41) is 11.8. The topological polar surface area (TPSA) is 79.3 Å². The van der Waals surface area contributed by atoms with E-state index in [1.165, 1.54) is 0 Å². The van der Waals surface area contributed by atoms with Crippen LogP contribution in [0.2, 0.25) is 0 Å². The van der Waals surface area contributed by atoms with Gasteiger partial charge >= 0.3 is 5.97 Å². The van der Waals surface area contributed by atoms with E-state index in [1.54, 1.807) is 19.3 Å². The molecule has 0 aliphatic rings. The Morgan fingerprint density at radius 2 is 2.21 bits per heavy atom. The van der Waals surface area contributed by atoms with Crippen LogP contribution in [0.3, 0.4) is 0 Å². The lowest BCUT2D eigenvalue weighted by Gasteiger charge is -2.25. The summed E-state index contributed by atoms with van der Waals surface area (Å²) in [7, 11) is 0. The molecule has 0 aliphatic carbocycles. The summed E-state index contributed by atoms with van der Waals surface area (Å²) in [5.41, 5.74) is -0.217. The number of hydrogen-bond acceptors (Lipinski definition) is 3. The monoisotopic (exact) mass is 264 g/mol. The van der Waals surface area contributed by atoms with Crippen molar-refractivity contribution in [1.82, 2.24) is 10.3 Å². The summed E-state index contributed by atoms with van der Waals surface area (Å²) in [5.74, 6) is -1.24. The van der Waals surface area contributed by atoms with Crippen LogP contribution in [0, 0.1) is 0 Å². The van der Waals surface area contributed by atoms with E-state index in [9.17, 15) is 14.7 Å². The maximum absolute atomic E-state index is 11.8. The van der Waals surface area contributed by atoms with Crippen LogP contribution in [0.1, 0.15) is 38.7 Å². The van der Waals surface area contributed by atoms with E-state index in [1.807, 2.05) is 19.1 Å². The summed E-state index contributed by atoms with van der Waals surface area (Å²) < 4.78 is 0. The Kier molecular flexibility index (Phi) is 5.48. The van der Waals surface area contributed by atoms with Gasteiger partial charge in [0, 0.05) is 18.8 Å². The zero-order chi connectivity index (χ0) is 14.3. The van der Waals surface area contributed by atoms with E-state index in [-0.39, 0.29) is 12.3 Å². The number of nitrogens with zero attached hydrogens (tertiary/aromatic N) is 1. The van der Waals surface area contributed by atoms with Crippen LogP contribution < -0.4 is 5.32 Å². The number of nitrogens with one attached hydrogen (secondary N) is 1. The number of aromatic nitrogens is 1. The van der Waals surface area contributed by atoms with E-state index in [2.05, 4.69) is 10.3 Å². The minimum atomic E-state index is -1.18. The lowest BCUT2D eigenvalue weighted by atomic mass is 9.96. The van der Waals surface area contributed by atoms with Crippen LogP contribution in [-0.2, 0) is 16.0 Å². The number of pyridine rings is 1. The Morgan fingerprint density at radius 3 is 2.74 bits per heavy atom. The predicted molar refractivity (Wildman–Crippen MR) is 71.6 cm³/mol. The molecule has 1 amide bonds. The minimum absolute atomic E-state index is 0.248. The van der Waals surface area contributed by atoms with Crippen molar-refractivity contribution >= 4 is 11.9 Å². The van der Waals surface area contributed by atoms with Crippen LogP contribution >= 0.6 is 0 Å². The second-order valence-corrected chi connectivity index (χ2v) is 4.80. The molecule has 0 saturated carbocycles. The van der Waals surface area contributed by atoms with Gasteiger partial charge in [-0.2, -0.15) is 0 Å². The molecule has 19 heavy (non-hydrogen) atoms. The van der Waals surface area contributed by atoms with Crippen LogP contribution in [0.25, 0.3) is 0 Å². The molecule has 5 nitrogen and oxygen atoms in total. The van der Waals surface area contributed by atoms with Gasteiger partial charge in [0.15, 0.2) is 0 Å². The van der Waals surface area contributed by atoms with Gasteiger partial charge in [0.1, 0.15) is 5.54 Å². The first kappa shape index (κ1) is 15.1. The molecule has 1 rings (SSSR count). The fourth-order valence-corrected chi connectivity index (χ4v) is 1.90. The molecule has 1 aromatic rings. The Balaban J connectivity index is 2.52. The van der Waals surface area contributed by atoms with Crippen molar-refractivity contribution < 1.29 is 14.7 Å². The molecular weight excluding hydrogens is 244 g/mol. The first-order valence-electron chi connectivity index (χ1n) is 6.41. The van der Waals surface area contributed by atoms with E-state index >= 15 is 0 Å². The van der Waals surface area contributed by atoms with E-state index in [0.29, 0.717) is 19.3 Å². The van der Waals surface area contributed by atoms with E-state index in [4.69, 9.17) is 0 Å². The summed E-state index contributed by atoms with van der Waals surface area (Å²) in [4.78, 5) is 27.0. The molecular formula is C14H20N2O3. The van der Waals surface area contributed by atoms with Crippen molar-refractivity contribution in [3.63, 3.8) is 0 Å². The van der Waals surface area contributed by atoms with Crippen molar-refractivity contribution in [2.45, 2.75) is 45.1 Å². The van der Waals surface area contributed by atoms with Crippen molar-refractivity contribution in [3.8, 4) is 0 Å². The Morgan fingerprint density at radius 1 is 1.47 bits per heavy atom. The standard InChI is InChI=1S/C14H20N2O3/c1-3-8-14(2,13(18)19)16-12(17)7-6-11-5-4-9-15-10-11/h4-5,9-10H,3,6-8H2,1-2H3,(H,16,17)(H,18,19). The van der Waals surface area contributed by atoms with Gasteiger partial charge < -0.3 is 10.4 Å². The molecule has 0 aliphatic heterocycles. The molecule has 0 fully saturated rings. The predicted octanol–water partition coefficient (Wildman–Crippen LogP) is 1.77. The fourth-order valence-electron chi connectivity index (χ4n) is 1.90. The number of carboxylic acids is 1. The number of aliphatic carboxylic acids is 1. The van der Waals surface area contributed by atoms with E-state index < -0.39 is 11.5 Å². The summed E-state index contributed by atoms with van der Waals surface area (Å²) in [6, 6.07) is 3.70. The fraction of sp³-hybridized carbons (Fsp3) is 0.500. The number of rotatable bonds is 7. The number of carbonyl (C=O) groups excluding carboxylic acids is 1. The highest BCUT2D eigenvalue weighted by Gasteiger charge is 2.33. The highest BCUT2D eigenvalue weighted by Crippen LogP contribution is 2.13. The zero-order valence-electron chi connectivity index (χ0n) is 11.3. The van der Waals surface area contributed by atoms with Crippen molar-refractivity contribution in [2.75, 3.05) is 0 Å². The van der Waals surface area contributed by atoms with Crippen LogP contribution in [0.5, 0.6) is 0 Å². The first-order chi connectivity index (χ1) is 8.98. The van der Waals surface area contributed by atoms with Crippen LogP contribution in [0.4, 0.5) is 0 Å². The molecule has 1 heterocycles. The molecule has 1 aromatic heterocycles. The van der Waals surface area contributed by atoms with Gasteiger partial charge in [-0.15, -0.1) is 0 Å². The summed E-state index contributed by atoms with van der Waals surface area (Å²) >= 11 is 0. The quantitative estimate of drug-likeness (QED) is 0.786. The number of carboxylic acid groups (broad SMARTS) is 1. The van der Waals surface area contributed by atoms with E-state index in [0.717, 1.165) is 5.56 Å². The lowest BCUT2D eigenvalue weighted by Crippen LogP contribution is -2.52. The summed E-state index contributed by atoms with van der Waals surface area (Å²) in [6.45, 7) is 3.43. The second-order valence-electron chi connectivity index (χ2n) is 4.80. The van der Waals surface area contributed by atoms with Crippen LogP contribution in [0.15, 0.2) is 24.5 Å². The number of carbonyl (C=O) groups is 2. The number of hydrogen-bond donors (Lipinski definition) is 2. The smallest absolute Gasteiger partial charge is 0.329 e. The summed E-state index contributed by atoms with van der Waals surface area (Å²) in [6.07, 6.45) is 5.31. The third-order valence-electron chi connectivity index (χ3n) is 3.00. The average molecular weight is 264 g/mol. The van der Waals surface area contributed by atoms with Gasteiger partial charge in [-0.25, -0.2) is 4.79 Å². The second kappa shape index (κ2) is 6.87. The molecule has 0 aromatic carbocycles. The SMILES string of the molecule is CCCC(C)(NC(=O)CCc1cccnc1)C(=O)O. The molecule has 0 bridgehead atoms. The Hall–Kier alpha value is -1.91. The maximum Gasteiger partial charge on any atom is 0.329 e. The molecule has 1 unspecified atom stereocenters. The van der Waals surface area contributed by atoms with Gasteiger partial charge in [0.25, 0.3) is 0 Å². The van der Waals surface area contributed by atoms with Gasteiger partial charge in [0.2, 0.25) is 5.91 Å². The zero-order valence-corrected chi connectivity index (χ0v) is 11.3. The average Bonchev–Trinajstić information content (AvgIpc) is 2.37. The first-order valence-corrected chi connectivity index (χ1v) is 6.41. The maximum atomic E-state index is 11.8. The molecule has 0 spiro atoms. The van der Waals surface area contributed by atoms with Gasteiger partial charge in [-0.3, -0.25) is 9.78 Å². The number of amides is 1. The molecule has 0 saturated heterocycles. The Bertz CT molecular complexity index is 434. The highest BCUT2D eigenvalue weighted by atomic mass is 16.4. The van der Waals surface area contributed by atoms with Gasteiger partial charge in [-0.1, -0.05) is 19.4 Å². The van der Waals surface area contributed by atoms with Crippen molar-refractivity contribution in [2.24, 2.45) is 0 Å². The molecule has 5 heteroatoms. The normalized spacial score (nSPS) is 13.6.